The van der Waals surface area contributed by atoms with E-state index in [0.29, 0.717) is 11.3 Å². The molecule has 0 atom stereocenters. The molecule has 1 heterocycles. The summed E-state index contributed by atoms with van der Waals surface area (Å²) in [4.78, 5) is 14.2. The van der Waals surface area contributed by atoms with E-state index in [1.54, 1.807) is 0 Å². The Kier molecular flexibility index (Phi) is 3.87. The van der Waals surface area contributed by atoms with Crippen LogP contribution in [-0.4, -0.2) is 41.7 Å². The lowest BCUT2D eigenvalue weighted by molar-refractivity contribution is 0.0687. The number of aromatic carboxylic acids is 1. The third-order valence-electron chi connectivity index (χ3n) is 1.79. The van der Waals surface area contributed by atoms with E-state index in [-0.39, 0.29) is 4.21 Å². The lowest BCUT2D eigenvalue weighted by Gasteiger charge is -2.22. The van der Waals surface area contributed by atoms with Gasteiger partial charge in [-0.2, -0.15) is 0 Å². The second-order valence-electron chi connectivity index (χ2n) is 3.94. The number of hydrogen-bond donors (Lipinski definition) is 3. The van der Waals surface area contributed by atoms with Crippen LogP contribution in [0.4, 0.5) is 0 Å². The van der Waals surface area contributed by atoms with Crippen molar-refractivity contribution in [3.63, 3.8) is 0 Å². The van der Waals surface area contributed by atoms with Gasteiger partial charge in [-0.25, -0.2) is 22.9 Å². The highest BCUT2D eigenvalue weighted by atomic mass is 32.2. The third kappa shape index (κ3) is 3.22. The number of carboxylic acid groups (broad SMARTS) is 1. The molecule has 1 rings (SSSR count). The molecule has 0 bridgehead atoms. The zero-order valence-electron chi connectivity index (χ0n) is 9.17. The minimum atomic E-state index is -4.00. The molecule has 9 heteroatoms. The first-order valence-corrected chi connectivity index (χ1v) is 6.87. The summed E-state index contributed by atoms with van der Waals surface area (Å²) in [6, 6.07) is 0. The van der Waals surface area contributed by atoms with Crippen LogP contribution >= 0.6 is 11.3 Å². The molecule has 0 saturated heterocycles. The van der Waals surface area contributed by atoms with Crippen LogP contribution in [0, 0.1) is 0 Å². The molecule has 1 aromatic heterocycles. The van der Waals surface area contributed by atoms with Crippen molar-refractivity contribution in [3.8, 4) is 0 Å². The molecule has 0 aliphatic carbocycles. The van der Waals surface area contributed by atoms with Crippen molar-refractivity contribution in [1.29, 1.82) is 0 Å². The maximum atomic E-state index is 11.9. The highest BCUT2D eigenvalue weighted by Gasteiger charge is 2.31. The van der Waals surface area contributed by atoms with Gasteiger partial charge in [0.2, 0.25) is 0 Å². The number of aliphatic hydroxyl groups excluding tert-OH is 1. The highest BCUT2D eigenvalue weighted by Crippen LogP contribution is 2.21. The Morgan fingerprint density at radius 2 is 2.18 bits per heavy atom. The van der Waals surface area contributed by atoms with Crippen LogP contribution in [0.25, 0.3) is 0 Å². The van der Waals surface area contributed by atoms with Crippen LogP contribution in [0.1, 0.15) is 24.3 Å². The quantitative estimate of drug-likeness (QED) is 0.693. The van der Waals surface area contributed by atoms with Crippen LogP contribution in [0.15, 0.2) is 9.72 Å². The van der Waals surface area contributed by atoms with Gasteiger partial charge in [0.1, 0.15) is 0 Å². The van der Waals surface area contributed by atoms with Gasteiger partial charge < -0.3 is 10.2 Å². The summed E-state index contributed by atoms with van der Waals surface area (Å²) in [5, 5.41) is 17.8. The predicted molar refractivity (Wildman–Crippen MR) is 60.6 cm³/mol. The van der Waals surface area contributed by atoms with E-state index in [2.05, 4.69) is 9.71 Å². The molecular weight excluding hydrogens is 268 g/mol. The monoisotopic (exact) mass is 280 g/mol. The summed E-state index contributed by atoms with van der Waals surface area (Å²) >= 11 is 0.712. The summed E-state index contributed by atoms with van der Waals surface area (Å²) in [6.45, 7) is 2.55. The van der Waals surface area contributed by atoms with Crippen molar-refractivity contribution in [1.82, 2.24) is 9.71 Å². The normalized spacial score (nSPS) is 12.6. The number of aliphatic hydroxyl groups is 1. The van der Waals surface area contributed by atoms with Crippen molar-refractivity contribution < 1.29 is 23.4 Å². The van der Waals surface area contributed by atoms with Gasteiger partial charge in [0.25, 0.3) is 10.0 Å². The van der Waals surface area contributed by atoms with E-state index in [4.69, 9.17) is 10.2 Å². The van der Waals surface area contributed by atoms with Crippen molar-refractivity contribution in [2.45, 2.75) is 23.6 Å². The van der Waals surface area contributed by atoms with Crippen molar-refractivity contribution in [2.24, 2.45) is 0 Å². The van der Waals surface area contributed by atoms with Gasteiger partial charge in [0.05, 0.1) is 17.7 Å². The molecule has 3 N–H and O–H groups in total. The van der Waals surface area contributed by atoms with Crippen LogP contribution in [0.2, 0.25) is 0 Å². The number of thiazole rings is 1. The number of nitrogens with one attached hydrogen (secondary N) is 1. The molecule has 0 saturated carbocycles. The molecule has 96 valence electrons. The fraction of sp³-hybridized carbons (Fsp3) is 0.500. The average Bonchev–Trinajstić information content (AvgIpc) is 2.65. The smallest absolute Gasteiger partial charge is 0.356 e. The van der Waals surface area contributed by atoms with Crippen LogP contribution < -0.4 is 4.72 Å². The van der Waals surface area contributed by atoms with Crippen LogP contribution in [0.3, 0.4) is 0 Å². The summed E-state index contributed by atoms with van der Waals surface area (Å²) in [5.74, 6) is -1.41. The molecule has 7 nitrogen and oxygen atoms in total. The maximum Gasteiger partial charge on any atom is 0.356 e. The fourth-order valence-corrected chi connectivity index (χ4v) is 3.56. The van der Waals surface area contributed by atoms with E-state index in [9.17, 15) is 13.2 Å². The predicted octanol–water partition coefficient (Wildman–Crippen LogP) is -0.109. The summed E-state index contributed by atoms with van der Waals surface area (Å²) in [6.07, 6.45) is 0. The molecule has 0 amide bonds. The van der Waals surface area contributed by atoms with E-state index in [0.717, 1.165) is 5.51 Å². The summed E-state index contributed by atoms with van der Waals surface area (Å²) in [7, 11) is -4.00. The van der Waals surface area contributed by atoms with Gasteiger partial charge in [-0.3, -0.25) is 0 Å². The molecule has 0 fully saturated rings. The summed E-state index contributed by atoms with van der Waals surface area (Å²) < 4.78 is 25.6. The second-order valence-corrected chi connectivity index (χ2v) is 6.67. The topological polar surface area (TPSA) is 117 Å². The Labute approximate surface area is 102 Å². The van der Waals surface area contributed by atoms with Crippen molar-refractivity contribution in [3.05, 3.63) is 11.2 Å². The molecule has 0 aromatic carbocycles. The number of nitrogens with zero attached hydrogens (tertiary/aromatic N) is 1. The molecule has 17 heavy (non-hydrogen) atoms. The number of rotatable bonds is 5. The highest BCUT2D eigenvalue weighted by molar-refractivity contribution is 7.91. The Morgan fingerprint density at radius 3 is 2.65 bits per heavy atom. The van der Waals surface area contributed by atoms with Gasteiger partial charge >= 0.3 is 5.97 Å². The number of hydrogen-bond acceptors (Lipinski definition) is 6. The van der Waals surface area contributed by atoms with Crippen molar-refractivity contribution >= 4 is 27.3 Å². The molecular formula is C8H12N2O5S2. The first kappa shape index (κ1) is 14.0. The van der Waals surface area contributed by atoms with E-state index in [1.165, 1.54) is 13.8 Å². The van der Waals surface area contributed by atoms with E-state index >= 15 is 0 Å². The minimum Gasteiger partial charge on any atom is -0.476 e. The number of aromatic nitrogens is 1. The number of sulfonamides is 1. The standard InChI is InChI=1S/C8H12N2O5S2/c1-8(2,3-11)10-17(14,15)7-5(6(12)13)9-4-16-7/h4,10-11H,3H2,1-2H3,(H,12,13). The van der Waals surface area contributed by atoms with Gasteiger partial charge in [-0.1, -0.05) is 0 Å². The second kappa shape index (κ2) is 4.69. The maximum absolute atomic E-state index is 11.9. The molecule has 1 aromatic rings. The summed E-state index contributed by atoms with van der Waals surface area (Å²) in [5.41, 5.74) is -0.445. The molecule has 0 spiro atoms. The fourth-order valence-electron chi connectivity index (χ4n) is 1.01. The van der Waals surface area contributed by atoms with Gasteiger partial charge in [-0.15, -0.1) is 11.3 Å². The van der Waals surface area contributed by atoms with Gasteiger partial charge in [0.15, 0.2) is 9.90 Å². The average molecular weight is 280 g/mol. The SMILES string of the molecule is CC(C)(CO)NS(=O)(=O)c1scnc1C(=O)O. The van der Waals surface area contributed by atoms with E-state index < -0.39 is 33.8 Å². The Morgan fingerprint density at radius 1 is 1.59 bits per heavy atom. The third-order valence-corrected chi connectivity index (χ3v) is 4.86. The molecule has 0 unspecified atom stereocenters. The first-order chi connectivity index (χ1) is 7.69. The lowest BCUT2D eigenvalue weighted by Crippen LogP contribution is -2.46. The Balaban J connectivity index is 3.15. The number of carboxylic acids is 1. The zero-order valence-corrected chi connectivity index (χ0v) is 10.8. The largest absolute Gasteiger partial charge is 0.476 e. The lowest BCUT2D eigenvalue weighted by atomic mass is 10.1. The van der Waals surface area contributed by atoms with Crippen LogP contribution in [-0.2, 0) is 10.0 Å². The van der Waals surface area contributed by atoms with E-state index in [1.807, 2.05) is 0 Å². The Hall–Kier alpha value is -1.03. The first-order valence-electron chi connectivity index (χ1n) is 4.51. The molecule has 0 aliphatic rings. The van der Waals surface area contributed by atoms with Gasteiger partial charge in [-0.05, 0) is 13.8 Å². The van der Waals surface area contributed by atoms with Crippen LogP contribution in [0.5, 0.6) is 0 Å². The molecule has 0 radical (unpaired) electrons. The van der Waals surface area contributed by atoms with Gasteiger partial charge in [0, 0.05) is 0 Å². The Bertz CT molecular complexity index is 520. The number of carbonyl (C=O) groups is 1. The van der Waals surface area contributed by atoms with Crippen molar-refractivity contribution in [2.75, 3.05) is 6.61 Å². The minimum absolute atomic E-state index is 0.369. The molecule has 0 aliphatic heterocycles. The zero-order chi connectivity index (χ0) is 13.3.